The maximum absolute atomic E-state index is 11.1. The average Bonchev–Trinajstić information content (AvgIpc) is 2.37. The first-order valence-corrected chi connectivity index (χ1v) is 7.41. The predicted octanol–water partition coefficient (Wildman–Crippen LogP) is 3.82. The van der Waals surface area contributed by atoms with Gasteiger partial charge in [0.1, 0.15) is 5.75 Å². The third kappa shape index (κ3) is 6.55. The van der Waals surface area contributed by atoms with E-state index in [1.165, 1.54) is 7.11 Å². The van der Waals surface area contributed by atoms with Crippen LogP contribution in [0.15, 0.2) is 12.1 Å². The summed E-state index contributed by atoms with van der Waals surface area (Å²) in [6.07, 6.45) is 0.168. The molecule has 118 valence electrons. The summed E-state index contributed by atoms with van der Waals surface area (Å²) in [5.74, 6) is 0.219. The lowest BCUT2D eigenvalue weighted by atomic mass is 10.1. The monoisotopic (exact) mass is 333 g/mol. The molecule has 0 radical (unpaired) electrons. The SMILES string of the molecule is COC(=O)CCOc1c(Cl)cc(Cl)cc1CNC(C)(C)C. The van der Waals surface area contributed by atoms with Crippen molar-refractivity contribution >= 4 is 29.2 Å². The summed E-state index contributed by atoms with van der Waals surface area (Å²) in [5.41, 5.74) is 0.810. The largest absolute Gasteiger partial charge is 0.491 e. The molecule has 4 nitrogen and oxygen atoms in total. The molecule has 0 aliphatic heterocycles. The molecule has 1 rings (SSSR count). The van der Waals surface area contributed by atoms with Crippen LogP contribution in [0.25, 0.3) is 0 Å². The minimum Gasteiger partial charge on any atom is -0.491 e. The summed E-state index contributed by atoms with van der Waals surface area (Å²) in [6, 6.07) is 3.43. The lowest BCUT2D eigenvalue weighted by Gasteiger charge is -2.22. The Labute approximate surface area is 135 Å². The van der Waals surface area contributed by atoms with E-state index in [1.807, 2.05) is 0 Å². The third-order valence-corrected chi connectivity index (χ3v) is 3.17. The Kier molecular flexibility index (Phi) is 6.78. The van der Waals surface area contributed by atoms with E-state index < -0.39 is 0 Å². The molecule has 0 spiro atoms. The first-order valence-electron chi connectivity index (χ1n) is 6.65. The number of methoxy groups -OCH3 is 1. The fourth-order valence-electron chi connectivity index (χ4n) is 1.61. The quantitative estimate of drug-likeness (QED) is 0.804. The summed E-state index contributed by atoms with van der Waals surface area (Å²) in [7, 11) is 1.34. The second kappa shape index (κ2) is 7.87. The van der Waals surface area contributed by atoms with E-state index in [0.29, 0.717) is 22.3 Å². The number of carbonyl (C=O) groups excluding carboxylic acids is 1. The Morgan fingerprint density at radius 1 is 1.29 bits per heavy atom. The van der Waals surface area contributed by atoms with Crippen molar-refractivity contribution < 1.29 is 14.3 Å². The highest BCUT2D eigenvalue weighted by atomic mass is 35.5. The number of hydrogen-bond acceptors (Lipinski definition) is 4. The highest BCUT2D eigenvalue weighted by molar-refractivity contribution is 6.35. The fourth-order valence-corrected chi connectivity index (χ4v) is 2.20. The van der Waals surface area contributed by atoms with Gasteiger partial charge in [0.25, 0.3) is 0 Å². The molecule has 0 saturated carbocycles. The van der Waals surface area contributed by atoms with E-state index in [0.717, 1.165) is 5.56 Å². The molecule has 0 aliphatic rings. The minimum atomic E-state index is -0.325. The van der Waals surface area contributed by atoms with Crippen molar-refractivity contribution in [3.63, 3.8) is 0 Å². The molecule has 1 aromatic rings. The Balaban J connectivity index is 2.82. The zero-order valence-electron chi connectivity index (χ0n) is 12.8. The van der Waals surface area contributed by atoms with Crippen molar-refractivity contribution in [1.82, 2.24) is 5.32 Å². The predicted molar refractivity (Wildman–Crippen MR) is 85.2 cm³/mol. The molecule has 0 saturated heterocycles. The lowest BCUT2D eigenvalue weighted by Crippen LogP contribution is -2.35. The molecular weight excluding hydrogens is 313 g/mol. The topological polar surface area (TPSA) is 47.6 Å². The molecule has 0 aliphatic carbocycles. The van der Waals surface area contributed by atoms with Gasteiger partial charge in [-0.15, -0.1) is 0 Å². The Morgan fingerprint density at radius 2 is 1.95 bits per heavy atom. The molecule has 0 aromatic heterocycles. The van der Waals surface area contributed by atoms with Crippen molar-refractivity contribution in [2.75, 3.05) is 13.7 Å². The molecule has 0 bridgehead atoms. The van der Waals surface area contributed by atoms with Crippen LogP contribution >= 0.6 is 23.2 Å². The maximum atomic E-state index is 11.1. The van der Waals surface area contributed by atoms with Gasteiger partial charge in [-0.05, 0) is 32.9 Å². The van der Waals surface area contributed by atoms with E-state index in [-0.39, 0.29) is 24.5 Å². The van der Waals surface area contributed by atoms with E-state index >= 15 is 0 Å². The van der Waals surface area contributed by atoms with E-state index in [2.05, 4.69) is 30.8 Å². The van der Waals surface area contributed by atoms with Crippen molar-refractivity contribution in [3.8, 4) is 5.75 Å². The summed E-state index contributed by atoms with van der Waals surface area (Å²) >= 11 is 12.2. The number of nitrogens with one attached hydrogen (secondary N) is 1. The van der Waals surface area contributed by atoms with Gasteiger partial charge in [0, 0.05) is 22.7 Å². The number of halogens is 2. The van der Waals surface area contributed by atoms with Gasteiger partial charge in [-0.1, -0.05) is 23.2 Å². The van der Waals surface area contributed by atoms with Crippen LogP contribution in [0.3, 0.4) is 0 Å². The number of carbonyl (C=O) groups is 1. The molecule has 1 N–H and O–H groups in total. The Bertz CT molecular complexity index is 498. The molecule has 0 atom stereocenters. The van der Waals surface area contributed by atoms with Crippen LogP contribution in [0, 0.1) is 0 Å². The summed E-state index contributed by atoms with van der Waals surface area (Å²) in [6.45, 7) is 6.97. The van der Waals surface area contributed by atoms with Gasteiger partial charge >= 0.3 is 5.97 Å². The van der Waals surface area contributed by atoms with Crippen molar-refractivity contribution in [2.45, 2.75) is 39.3 Å². The van der Waals surface area contributed by atoms with Gasteiger partial charge in [0.15, 0.2) is 0 Å². The van der Waals surface area contributed by atoms with Crippen LogP contribution < -0.4 is 10.1 Å². The average molecular weight is 334 g/mol. The summed E-state index contributed by atoms with van der Waals surface area (Å²) in [4.78, 5) is 11.1. The minimum absolute atomic E-state index is 0.0436. The smallest absolute Gasteiger partial charge is 0.308 e. The number of rotatable bonds is 6. The van der Waals surface area contributed by atoms with Gasteiger partial charge < -0.3 is 14.8 Å². The molecule has 0 fully saturated rings. The Hall–Kier alpha value is -0.970. The normalized spacial score (nSPS) is 11.3. The Morgan fingerprint density at radius 3 is 2.52 bits per heavy atom. The van der Waals surface area contributed by atoms with E-state index in [4.69, 9.17) is 27.9 Å². The zero-order valence-corrected chi connectivity index (χ0v) is 14.3. The highest BCUT2D eigenvalue weighted by Gasteiger charge is 2.15. The van der Waals surface area contributed by atoms with E-state index in [1.54, 1.807) is 12.1 Å². The number of ether oxygens (including phenoxy) is 2. The molecule has 0 unspecified atom stereocenters. The standard InChI is InChI=1S/C15H21Cl2NO3/c1-15(2,3)18-9-10-7-11(16)8-12(17)14(10)21-6-5-13(19)20-4/h7-8,18H,5-6,9H2,1-4H3. The van der Waals surface area contributed by atoms with Gasteiger partial charge in [0.2, 0.25) is 0 Å². The third-order valence-electron chi connectivity index (χ3n) is 2.67. The molecule has 0 amide bonds. The van der Waals surface area contributed by atoms with Crippen molar-refractivity contribution in [3.05, 3.63) is 27.7 Å². The molecule has 0 heterocycles. The lowest BCUT2D eigenvalue weighted by molar-refractivity contribution is -0.141. The van der Waals surface area contributed by atoms with Crippen LogP contribution in [0.5, 0.6) is 5.75 Å². The molecule has 6 heteroatoms. The highest BCUT2D eigenvalue weighted by Crippen LogP contribution is 2.32. The van der Waals surface area contributed by atoms with Crippen LogP contribution in [-0.2, 0) is 16.1 Å². The number of benzene rings is 1. The number of esters is 1. The summed E-state index contributed by atoms with van der Waals surface area (Å²) in [5, 5.41) is 4.33. The second-order valence-corrected chi connectivity index (χ2v) is 6.50. The summed E-state index contributed by atoms with van der Waals surface area (Å²) < 4.78 is 10.2. The zero-order chi connectivity index (χ0) is 16.0. The van der Waals surface area contributed by atoms with Crippen LogP contribution in [0.2, 0.25) is 10.0 Å². The first-order chi connectivity index (χ1) is 9.73. The van der Waals surface area contributed by atoms with Crippen molar-refractivity contribution in [1.29, 1.82) is 0 Å². The fraction of sp³-hybridized carbons (Fsp3) is 0.533. The molecular formula is C15H21Cl2NO3. The van der Waals surface area contributed by atoms with Crippen LogP contribution in [0.1, 0.15) is 32.8 Å². The van der Waals surface area contributed by atoms with E-state index in [9.17, 15) is 4.79 Å². The van der Waals surface area contributed by atoms with Gasteiger partial charge in [-0.25, -0.2) is 0 Å². The van der Waals surface area contributed by atoms with Gasteiger partial charge in [-0.3, -0.25) is 4.79 Å². The molecule has 1 aromatic carbocycles. The van der Waals surface area contributed by atoms with Crippen LogP contribution in [0.4, 0.5) is 0 Å². The maximum Gasteiger partial charge on any atom is 0.308 e. The van der Waals surface area contributed by atoms with Gasteiger partial charge in [-0.2, -0.15) is 0 Å². The second-order valence-electron chi connectivity index (χ2n) is 5.65. The first kappa shape index (κ1) is 18.1. The van der Waals surface area contributed by atoms with Gasteiger partial charge in [0.05, 0.1) is 25.2 Å². The van der Waals surface area contributed by atoms with Crippen LogP contribution in [-0.4, -0.2) is 25.2 Å². The molecule has 21 heavy (non-hydrogen) atoms. The number of hydrogen-bond donors (Lipinski definition) is 1. The van der Waals surface area contributed by atoms with Crippen molar-refractivity contribution in [2.24, 2.45) is 0 Å².